The summed E-state index contributed by atoms with van der Waals surface area (Å²) in [5.41, 5.74) is 5.61. The molecule has 2 aromatic heterocycles. The number of likely N-dealkylation sites (N-methyl/N-ethyl adjacent to an activating group) is 1. The SMILES string of the molecule is COC(=O)N[C@@H](CC(=O)N1CCN(C)CC1)C(=O)N1CCC[C@H]1c1ncc(-c2ccc(-c3ccc(-c4cnc([C@@H]5CCCN5C(=O)[C@@H](NC(=O)OC)C(C)C)[nH]4)cc3)cc2)[nH]1. The van der Waals surface area contributed by atoms with Crippen LogP contribution in [0, 0.1) is 5.92 Å². The topological polar surface area (TPSA) is 198 Å². The van der Waals surface area contributed by atoms with Gasteiger partial charge in [-0.05, 0) is 60.9 Å². The molecular weight excluding hydrogens is 781 g/mol. The number of nitrogens with one attached hydrogen (secondary N) is 4. The van der Waals surface area contributed by atoms with Crippen molar-refractivity contribution in [1.29, 1.82) is 0 Å². The van der Waals surface area contributed by atoms with Crippen LogP contribution in [-0.2, 0) is 23.9 Å². The number of carbonyl (C=O) groups is 5. The first-order valence-corrected chi connectivity index (χ1v) is 21.0. The number of rotatable bonds is 12. The molecule has 61 heavy (non-hydrogen) atoms. The molecule has 0 radical (unpaired) electrons. The summed E-state index contributed by atoms with van der Waals surface area (Å²) < 4.78 is 9.57. The maximum atomic E-state index is 14.0. The summed E-state index contributed by atoms with van der Waals surface area (Å²) >= 11 is 0. The summed E-state index contributed by atoms with van der Waals surface area (Å²) in [4.78, 5) is 88.6. The zero-order valence-electron chi connectivity index (χ0n) is 35.5. The Kier molecular flexibility index (Phi) is 13.4. The Balaban J connectivity index is 0.988. The van der Waals surface area contributed by atoms with Gasteiger partial charge in [0.1, 0.15) is 23.7 Å². The third-order valence-electron chi connectivity index (χ3n) is 12.0. The molecule has 3 aliphatic heterocycles. The second kappa shape index (κ2) is 19.0. The lowest BCUT2D eigenvalue weighted by atomic mass is 10.0. The highest BCUT2D eigenvalue weighted by atomic mass is 16.5. The van der Waals surface area contributed by atoms with Crippen molar-refractivity contribution < 1.29 is 33.4 Å². The van der Waals surface area contributed by atoms with Crippen LogP contribution >= 0.6 is 0 Å². The number of amides is 5. The normalized spacial score (nSPS) is 19.1. The Morgan fingerprint density at radius 1 is 0.672 bits per heavy atom. The first-order chi connectivity index (χ1) is 29.4. The smallest absolute Gasteiger partial charge is 0.407 e. The molecule has 0 aliphatic carbocycles. The average molecular weight is 837 g/mol. The summed E-state index contributed by atoms with van der Waals surface area (Å²) in [5, 5.41) is 5.30. The molecule has 17 nitrogen and oxygen atoms in total. The fraction of sp³-hybridized carbons (Fsp3) is 0.477. The number of hydrogen-bond donors (Lipinski definition) is 4. The van der Waals surface area contributed by atoms with Gasteiger partial charge in [0.15, 0.2) is 0 Å². The number of piperazine rings is 1. The molecule has 2 aromatic carbocycles. The number of imidazole rings is 2. The molecule has 324 valence electrons. The molecule has 4 aromatic rings. The van der Waals surface area contributed by atoms with Crippen LogP contribution in [0.4, 0.5) is 9.59 Å². The molecule has 4 N–H and O–H groups in total. The van der Waals surface area contributed by atoms with Crippen molar-refractivity contribution in [2.24, 2.45) is 5.92 Å². The minimum absolute atomic E-state index is 0.115. The minimum Gasteiger partial charge on any atom is -0.453 e. The third-order valence-corrected chi connectivity index (χ3v) is 12.0. The molecule has 3 fully saturated rings. The molecule has 5 amide bonds. The quantitative estimate of drug-likeness (QED) is 0.155. The molecule has 3 aliphatic rings. The predicted octanol–water partition coefficient (Wildman–Crippen LogP) is 4.73. The van der Waals surface area contributed by atoms with Gasteiger partial charge in [-0.1, -0.05) is 62.4 Å². The Hall–Kier alpha value is -6.23. The lowest BCUT2D eigenvalue weighted by Crippen LogP contribution is -2.53. The van der Waals surface area contributed by atoms with E-state index in [1.165, 1.54) is 14.2 Å². The van der Waals surface area contributed by atoms with Gasteiger partial charge in [0.05, 0.1) is 56.5 Å². The van der Waals surface area contributed by atoms with Crippen LogP contribution in [0.15, 0.2) is 60.9 Å². The van der Waals surface area contributed by atoms with Crippen LogP contribution < -0.4 is 10.6 Å². The number of benzene rings is 2. The fourth-order valence-corrected chi connectivity index (χ4v) is 8.46. The van der Waals surface area contributed by atoms with E-state index in [-0.39, 0.29) is 42.1 Å². The van der Waals surface area contributed by atoms with Gasteiger partial charge < -0.3 is 49.7 Å². The Morgan fingerprint density at radius 3 is 1.61 bits per heavy atom. The summed E-state index contributed by atoms with van der Waals surface area (Å²) in [6, 6.07) is 14.0. The lowest BCUT2D eigenvalue weighted by molar-refractivity contribution is -0.140. The van der Waals surface area contributed by atoms with E-state index in [0.29, 0.717) is 44.2 Å². The molecule has 5 heterocycles. The van der Waals surface area contributed by atoms with E-state index in [1.54, 1.807) is 27.1 Å². The van der Waals surface area contributed by atoms with E-state index < -0.39 is 24.3 Å². The second-order valence-electron chi connectivity index (χ2n) is 16.3. The monoisotopic (exact) mass is 836 g/mol. The largest absolute Gasteiger partial charge is 0.453 e. The van der Waals surface area contributed by atoms with Crippen LogP contribution in [0.1, 0.15) is 69.7 Å². The van der Waals surface area contributed by atoms with Gasteiger partial charge in [-0.2, -0.15) is 0 Å². The van der Waals surface area contributed by atoms with Gasteiger partial charge in [0.25, 0.3) is 0 Å². The van der Waals surface area contributed by atoms with E-state index in [4.69, 9.17) is 9.47 Å². The molecule has 4 atom stereocenters. The van der Waals surface area contributed by atoms with Crippen molar-refractivity contribution in [3.63, 3.8) is 0 Å². The van der Waals surface area contributed by atoms with Crippen LogP contribution in [-0.4, -0.2) is 142 Å². The first kappa shape index (κ1) is 42.9. The van der Waals surface area contributed by atoms with Crippen molar-refractivity contribution >= 4 is 29.9 Å². The van der Waals surface area contributed by atoms with E-state index >= 15 is 0 Å². The van der Waals surface area contributed by atoms with E-state index in [2.05, 4.69) is 59.7 Å². The van der Waals surface area contributed by atoms with Crippen molar-refractivity contribution in [1.82, 2.24) is 50.2 Å². The third kappa shape index (κ3) is 9.72. The molecular formula is C44H56N10O7. The minimum atomic E-state index is -1.06. The van der Waals surface area contributed by atoms with Crippen molar-refractivity contribution in [3.05, 3.63) is 72.6 Å². The number of hydrogen-bond acceptors (Lipinski definition) is 10. The highest BCUT2D eigenvalue weighted by Gasteiger charge is 2.39. The van der Waals surface area contributed by atoms with Crippen LogP contribution in [0.2, 0.25) is 0 Å². The zero-order chi connectivity index (χ0) is 43.2. The summed E-state index contributed by atoms with van der Waals surface area (Å²) in [6.45, 7) is 7.50. The second-order valence-corrected chi connectivity index (χ2v) is 16.3. The van der Waals surface area contributed by atoms with E-state index in [9.17, 15) is 24.0 Å². The molecule has 0 saturated carbocycles. The number of likely N-dealkylation sites (tertiary alicyclic amines) is 2. The van der Waals surface area contributed by atoms with Crippen molar-refractivity contribution in [2.75, 3.05) is 60.5 Å². The summed E-state index contributed by atoms with van der Waals surface area (Å²) in [7, 11) is 4.53. The van der Waals surface area contributed by atoms with Gasteiger partial charge >= 0.3 is 12.2 Å². The first-order valence-electron chi connectivity index (χ1n) is 21.0. The number of aromatic amines is 2. The predicted molar refractivity (Wildman–Crippen MR) is 227 cm³/mol. The number of ether oxygens (including phenoxy) is 2. The maximum absolute atomic E-state index is 14.0. The standard InChI is InChI=1S/C44H56N10O7/c1-27(2)38(50-44(59)61-5)42(57)54-19-7-9-36(54)40-46-26-34(48-40)31-16-12-29(13-17-31)28-10-14-30(15-11-28)33-25-45-39(47-33)35-8-6-18-53(35)41(56)32(49-43(58)60-4)24-37(55)52-22-20-51(3)21-23-52/h10-17,25-27,32,35-36,38H,6-9,18-24H2,1-5H3,(H,45,47)(H,46,48)(H,49,58)(H,50,59)/t32-,35-,36-,38-/m0/s1. The highest BCUT2D eigenvalue weighted by Crippen LogP contribution is 2.35. The fourth-order valence-electron chi connectivity index (χ4n) is 8.46. The van der Waals surface area contributed by atoms with Gasteiger partial charge in [0, 0.05) is 39.3 Å². The van der Waals surface area contributed by atoms with Gasteiger partial charge in [0.2, 0.25) is 17.7 Å². The Bertz CT molecular complexity index is 2180. The molecule has 17 heteroatoms. The molecule has 7 rings (SSSR count). The van der Waals surface area contributed by atoms with Crippen molar-refractivity contribution in [3.8, 4) is 33.6 Å². The van der Waals surface area contributed by atoms with E-state index in [0.717, 1.165) is 66.0 Å². The van der Waals surface area contributed by atoms with Crippen LogP contribution in [0.5, 0.6) is 0 Å². The van der Waals surface area contributed by atoms with Gasteiger partial charge in [-0.15, -0.1) is 0 Å². The molecule has 0 spiro atoms. The molecule has 3 saturated heterocycles. The average Bonchev–Trinajstić information content (AvgIpc) is 4.12. The number of H-pyrrole nitrogens is 2. The lowest BCUT2D eigenvalue weighted by Gasteiger charge is -2.34. The summed E-state index contributed by atoms with van der Waals surface area (Å²) in [6.07, 6.45) is 5.08. The van der Waals surface area contributed by atoms with Gasteiger partial charge in [-0.3, -0.25) is 14.4 Å². The maximum Gasteiger partial charge on any atom is 0.407 e. The number of alkyl carbamates (subject to hydrolysis) is 2. The van der Waals surface area contributed by atoms with Gasteiger partial charge in [-0.25, -0.2) is 19.6 Å². The Labute approximate surface area is 355 Å². The van der Waals surface area contributed by atoms with Crippen LogP contribution in [0.3, 0.4) is 0 Å². The number of nitrogens with zero attached hydrogens (tertiary/aromatic N) is 6. The summed E-state index contributed by atoms with van der Waals surface area (Å²) in [5.74, 6) is 0.575. The van der Waals surface area contributed by atoms with Crippen LogP contribution in [0.25, 0.3) is 33.6 Å². The Morgan fingerprint density at radius 2 is 1.13 bits per heavy atom. The van der Waals surface area contributed by atoms with Crippen molar-refractivity contribution in [2.45, 2.75) is 70.1 Å². The number of carbonyl (C=O) groups excluding carboxylic acids is 5. The molecule has 0 unspecified atom stereocenters. The highest BCUT2D eigenvalue weighted by molar-refractivity contribution is 5.91. The zero-order valence-corrected chi connectivity index (χ0v) is 35.5. The van der Waals surface area contributed by atoms with E-state index in [1.807, 2.05) is 45.2 Å². The number of methoxy groups -OCH3 is 2. The molecule has 0 bridgehead atoms. The number of aromatic nitrogens is 4.